The molecule has 49 heavy (non-hydrogen) atoms. The van der Waals surface area contributed by atoms with E-state index >= 15 is 0 Å². The van der Waals surface area contributed by atoms with Crippen LogP contribution in [0.3, 0.4) is 0 Å². The summed E-state index contributed by atoms with van der Waals surface area (Å²) >= 11 is 1.35. The molecule has 0 saturated heterocycles. The van der Waals surface area contributed by atoms with Crippen LogP contribution in [-0.4, -0.2) is 9.38 Å². The van der Waals surface area contributed by atoms with Gasteiger partial charge in [0.25, 0.3) is 0 Å². The van der Waals surface area contributed by atoms with Gasteiger partial charge in [0.15, 0.2) is 4.96 Å². The SMILES string of the molecule is [2H]C([2H])([2H])c1ccc(-c2ccc(C([2H])([2H])C)c(-c3cccc4c3sc3nc5ccccc5n34)c2C([2H])([2H])[2H])c(C([2H])([2H])[2H])c1-c1cccc2c1Oc1ccccc1C2(C)C. The second kappa shape index (κ2) is 10.9. The normalized spacial score (nSPS) is 17.9. The van der Waals surface area contributed by atoms with Crippen LogP contribution in [0, 0.1) is 20.6 Å². The van der Waals surface area contributed by atoms with E-state index in [1.807, 2.05) is 78.9 Å². The van der Waals surface area contributed by atoms with E-state index < -0.39 is 32.3 Å². The minimum absolute atomic E-state index is 0.0131. The predicted molar refractivity (Wildman–Crippen MR) is 207 cm³/mol. The molecule has 0 spiro atoms. The Morgan fingerprint density at radius 1 is 0.714 bits per heavy atom. The zero-order valence-corrected chi connectivity index (χ0v) is 27.9. The van der Waals surface area contributed by atoms with Gasteiger partial charge in [-0.25, -0.2) is 4.98 Å². The van der Waals surface area contributed by atoms with E-state index in [1.54, 1.807) is 24.3 Å². The topological polar surface area (TPSA) is 26.5 Å². The number of hydrogen-bond acceptors (Lipinski definition) is 3. The molecule has 3 heterocycles. The summed E-state index contributed by atoms with van der Waals surface area (Å²) in [6.45, 7) is -3.30. The van der Waals surface area contributed by atoms with Crippen molar-refractivity contribution in [2.24, 2.45) is 0 Å². The molecule has 6 aromatic carbocycles. The second-order valence-corrected chi connectivity index (χ2v) is 13.9. The highest BCUT2D eigenvalue weighted by molar-refractivity contribution is 7.24. The fourth-order valence-corrected chi connectivity index (χ4v) is 8.65. The van der Waals surface area contributed by atoms with Crippen molar-refractivity contribution in [3.63, 3.8) is 0 Å². The number of benzene rings is 6. The standard InChI is InChI=1S/C45H38N2OS/c1-7-29-23-25-31(28(4)41(29)33-15-13-20-38-43(33)49-44-46-36-18-9-10-19-37(36)47(38)44)30-24-22-26(2)40(27(30)3)32-14-12-17-35-42(32)48-39-21-11-8-16-34(39)45(35,5)6/h8-25H,7H2,1-6H3/i2D3,3D3,4D3,7D2. The second-order valence-electron chi connectivity index (χ2n) is 13.0. The highest BCUT2D eigenvalue weighted by atomic mass is 32.1. The van der Waals surface area contributed by atoms with Crippen LogP contribution in [0.1, 0.15) is 69.2 Å². The molecule has 1 aliphatic heterocycles. The lowest BCUT2D eigenvalue weighted by Crippen LogP contribution is -2.24. The molecule has 1 aliphatic rings. The van der Waals surface area contributed by atoms with E-state index in [0.29, 0.717) is 26.7 Å². The number of aromatic nitrogens is 2. The summed E-state index contributed by atoms with van der Waals surface area (Å²) in [7, 11) is 0. The van der Waals surface area contributed by atoms with Crippen LogP contribution in [0.15, 0.2) is 109 Å². The Morgan fingerprint density at radius 3 is 2.27 bits per heavy atom. The first-order valence-corrected chi connectivity index (χ1v) is 17.0. The van der Waals surface area contributed by atoms with Gasteiger partial charge in [-0.05, 0) is 95.7 Å². The maximum atomic E-state index is 9.12. The van der Waals surface area contributed by atoms with E-state index in [9.17, 15) is 0 Å². The van der Waals surface area contributed by atoms with Crippen molar-refractivity contribution in [3.05, 3.63) is 143 Å². The van der Waals surface area contributed by atoms with Gasteiger partial charge >= 0.3 is 0 Å². The van der Waals surface area contributed by atoms with E-state index in [1.165, 1.54) is 42.5 Å². The highest BCUT2D eigenvalue weighted by Crippen LogP contribution is 2.52. The maximum Gasteiger partial charge on any atom is 0.195 e. The number of fused-ring (bicyclic) bond motifs is 7. The van der Waals surface area contributed by atoms with Gasteiger partial charge in [-0.15, -0.1) is 0 Å². The monoisotopic (exact) mass is 665 g/mol. The molecule has 0 saturated carbocycles. The van der Waals surface area contributed by atoms with Crippen LogP contribution in [0.2, 0.25) is 0 Å². The Hall–Kier alpha value is -5.19. The van der Waals surface area contributed by atoms with E-state index in [-0.39, 0.29) is 50.1 Å². The molecule has 0 unspecified atom stereocenters. The minimum Gasteiger partial charge on any atom is -0.456 e. The fourth-order valence-electron chi connectivity index (χ4n) is 7.49. The number of rotatable bonds is 4. The third-order valence-corrected chi connectivity index (χ3v) is 11.0. The smallest absolute Gasteiger partial charge is 0.195 e. The third-order valence-electron chi connectivity index (χ3n) is 9.93. The van der Waals surface area contributed by atoms with Crippen LogP contribution in [0.25, 0.3) is 59.6 Å². The minimum atomic E-state index is -2.99. The molecule has 4 heteroatoms. The lowest BCUT2D eigenvalue weighted by atomic mass is 9.74. The van der Waals surface area contributed by atoms with Crippen LogP contribution < -0.4 is 4.74 Å². The first-order valence-electron chi connectivity index (χ1n) is 21.6. The number of ether oxygens (including phenoxy) is 1. The molecule has 9 rings (SSSR count). The van der Waals surface area contributed by atoms with Gasteiger partial charge in [0, 0.05) is 42.7 Å². The van der Waals surface area contributed by atoms with Crippen LogP contribution in [-0.2, 0) is 11.8 Å². The van der Waals surface area contributed by atoms with Gasteiger partial charge in [0.1, 0.15) is 11.5 Å². The number of para-hydroxylation sites is 4. The number of thiazole rings is 1. The van der Waals surface area contributed by atoms with Gasteiger partial charge < -0.3 is 4.74 Å². The van der Waals surface area contributed by atoms with Crippen molar-refractivity contribution in [2.75, 3.05) is 0 Å². The Kier molecular flexibility index (Phi) is 4.53. The number of nitrogens with zero attached hydrogens (tertiary/aromatic N) is 2. The lowest BCUT2D eigenvalue weighted by molar-refractivity contribution is 0.419. The van der Waals surface area contributed by atoms with Crippen LogP contribution in [0.4, 0.5) is 0 Å². The predicted octanol–water partition coefficient (Wildman–Crippen LogP) is 12.6. The van der Waals surface area contributed by atoms with E-state index in [0.717, 1.165) is 27.7 Å². The van der Waals surface area contributed by atoms with Crippen molar-refractivity contribution in [2.45, 2.75) is 53.1 Å². The molecule has 0 fully saturated rings. The van der Waals surface area contributed by atoms with Gasteiger partial charge in [0.05, 0.1) is 21.3 Å². The first-order chi connectivity index (χ1) is 28.1. The molecule has 0 amide bonds. The average molecular weight is 666 g/mol. The number of imidazole rings is 1. The summed E-state index contributed by atoms with van der Waals surface area (Å²) in [4.78, 5) is 5.50. The number of hydrogen-bond donors (Lipinski definition) is 0. The summed E-state index contributed by atoms with van der Waals surface area (Å²) < 4.78 is 108. The largest absolute Gasteiger partial charge is 0.456 e. The summed E-state index contributed by atoms with van der Waals surface area (Å²) in [6, 6.07) is 31.6. The lowest BCUT2D eigenvalue weighted by Gasteiger charge is -2.35. The van der Waals surface area contributed by atoms with Crippen LogP contribution in [0.5, 0.6) is 11.5 Å². The Bertz CT molecular complexity index is 3060. The molecule has 0 radical (unpaired) electrons. The van der Waals surface area contributed by atoms with E-state index in [4.69, 9.17) is 24.8 Å². The quantitative estimate of drug-likeness (QED) is 0.187. The fraction of sp³-hybridized carbons (Fsp3) is 0.178. The summed E-state index contributed by atoms with van der Waals surface area (Å²) in [6.07, 6.45) is -2.05. The molecular formula is C45H38N2OS. The number of aryl methyl sites for hydroxylation is 2. The van der Waals surface area contributed by atoms with Gasteiger partial charge in [-0.1, -0.05) is 117 Å². The Labute approximate surface area is 306 Å². The van der Waals surface area contributed by atoms with E-state index in [2.05, 4.69) is 0 Å². The molecule has 0 bridgehead atoms. The molecule has 3 nitrogen and oxygen atoms in total. The third kappa shape index (κ3) is 4.30. The zero-order valence-electron chi connectivity index (χ0n) is 38.1. The van der Waals surface area contributed by atoms with Gasteiger partial charge in [-0.2, -0.15) is 0 Å². The van der Waals surface area contributed by atoms with Crippen LogP contribution >= 0.6 is 11.3 Å². The summed E-state index contributed by atoms with van der Waals surface area (Å²) in [5.41, 5.74) is 3.36. The van der Waals surface area contributed by atoms with Crippen molar-refractivity contribution >= 4 is 37.5 Å². The average Bonchev–Trinajstić information content (AvgIpc) is 3.72. The maximum absolute atomic E-state index is 9.12. The summed E-state index contributed by atoms with van der Waals surface area (Å²) in [5, 5.41) is 0. The molecule has 240 valence electrons. The summed E-state index contributed by atoms with van der Waals surface area (Å²) in [5.74, 6) is 0.855. The first kappa shape index (κ1) is 20.4. The van der Waals surface area contributed by atoms with Gasteiger partial charge in [-0.3, -0.25) is 4.40 Å². The highest BCUT2D eigenvalue weighted by Gasteiger charge is 2.35. The van der Waals surface area contributed by atoms with Crippen molar-refractivity contribution < 1.29 is 19.8 Å². The Balaban J connectivity index is 1.40. The molecule has 8 aromatic rings. The van der Waals surface area contributed by atoms with Crippen molar-refractivity contribution in [3.8, 4) is 44.9 Å². The Morgan fingerprint density at radius 2 is 1.43 bits per heavy atom. The molecule has 0 N–H and O–H groups in total. The van der Waals surface area contributed by atoms with Crippen molar-refractivity contribution in [1.82, 2.24) is 9.38 Å². The molecule has 2 aromatic heterocycles. The zero-order chi connectivity index (χ0) is 42.9. The van der Waals surface area contributed by atoms with Crippen molar-refractivity contribution in [1.29, 1.82) is 0 Å². The molecular weight excluding hydrogens is 617 g/mol. The molecule has 0 atom stereocenters. The molecule has 0 aliphatic carbocycles. The van der Waals surface area contributed by atoms with Gasteiger partial charge in [0.2, 0.25) is 0 Å².